The normalized spacial score (nSPS) is 11.6. The zero-order valence-electron chi connectivity index (χ0n) is 16.9. The molecular weight excluding hydrogens is 388 g/mol. The molecule has 0 fully saturated rings. The van der Waals surface area contributed by atoms with Gasteiger partial charge in [-0.2, -0.15) is 0 Å². The van der Waals surface area contributed by atoms with Gasteiger partial charge >= 0.3 is 0 Å². The first-order valence-electron chi connectivity index (χ1n) is 9.14. The Kier molecular flexibility index (Phi) is 6.31. The van der Waals surface area contributed by atoms with Crippen LogP contribution in [0.15, 0.2) is 54.9 Å². The number of imidazole rings is 1. The van der Waals surface area contributed by atoms with Crippen LogP contribution in [0.1, 0.15) is 23.0 Å². The van der Waals surface area contributed by atoms with Crippen LogP contribution in [-0.2, 0) is 18.3 Å². The van der Waals surface area contributed by atoms with E-state index in [2.05, 4.69) is 10.3 Å². The number of ether oxygens (including phenoxy) is 2. The lowest BCUT2D eigenvalue weighted by atomic mass is 10.0. The third-order valence-electron chi connectivity index (χ3n) is 4.67. The van der Waals surface area contributed by atoms with Crippen LogP contribution in [0.25, 0.3) is 0 Å². The van der Waals surface area contributed by atoms with Gasteiger partial charge < -0.3 is 19.4 Å². The highest BCUT2D eigenvalue weighted by molar-refractivity contribution is 5.80. The third-order valence-corrected chi connectivity index (χ3v) is 4.67. The number of aryl methyl sites for hydroxylation is 1. The Balaban J connectivity index is 1.94. The minimum atomic E-state index is -0.607. The van der Waals surface area contributed by atoms with Gasteiger partial charge in [-0.15, -0.1) is 0 Å². The summed E-state index contributed by atoms with van der Waals surface area (Å²) < 4.78 is 12.5. The zero-order chi connectivity index (χ0) is 21.7. The van der Waals surface area contributed by atoms with E-state index in [1.807, 2.05) is 7.05 Å². The van der Waals surface area contributed by atoms with Crippen LogP contribution in [0.4, 0.5) is 5.69 Å². The van der Waals surface area contributed by atoms with E-state index in [1.165, 1.54) is 6.07 Å². The maximum absolute atomic E-state index is 12.9. The molecule has 1 heterocycles. The molecule has 0 bridgehead atoms. The van der Waals surface area contributed by atoms with E-state index < -0.39 is 11.0 Å². The lowest BCUT2D eigenvalue weighted by Crippen LogP contribution is -2.32. The molecule has 3 aromatic rings. The second kappa shape index (κ2) is 9.08. The summed E-state index contributed by atoms with van der Waals surface area (Å²) in [4.78, 5) is 28.0. The van der Waals surface area contributed by atoms with E-state index in [0.717, 1.165) is 0 Å². The molecular formula is C21H22N4O5. The van der Waals surface area contributed by atoms with Gasteiger partial charge in [-0.05, 0) is 17.7 Å². The van der Waals surface area contributed by atoms with Gasteiger partial charge in [0.15, 0.2) is 0 Å². The Morgan fingerprint density at radius 3 is 2.43 bits per heavy atom. The molecule has 9 nitrogen and oxygen atoms in total. The van der Waals surface area contributed by atoms with Crippen molar-refractivity contribution < 1.29 is 19.2 Å². The molecule has 0 aliphatic rings. The molecule has 0 unspecified atom stereocenters. The van der Waals surface area contributed by atoms with E-state index in [-0.39, 0.29) is 18.0 Å². The van der Waals surface area contributed by atoms with Crippen LogP contribution < -0.4 is 14.8 Å². The van der Waals surface area contributed by atoms with Gasteiger partial charge in [0, 0.05) is 37.1 Å². The van der Waals surface area contributed by atoms with Crippen LogP contribution >= 0.6 is 0 Å². The molecule has 30 heavy (non-hydrogen) atoms. The number of aromatic nitrogens is 2. The summed E-state index contributed by atoms with van der Waals surface area (Å²) in [7, 11) is 4.91. The fraction of sp³-hybridized carbons (Fsp3) is 0.238. The summed E-state index contributed by atoms with van der Waals surface area (Å²) in [6.45, 7) is 0. The molecule has 0 saturated carbocycles. The van der Waals surface area contributed by atoms with Gasteiger partial charge in [0.1, 0.15) is 23.4 Å². The Hall–Kier alpha value is -3.88. The van der Waals surface area contributed by atoms with Crippen LogP contribution in [0.3, 0.4) is 0 Å². The van der Waals surface area contributed by atoms with Crippen LogP contribution in [0.5, 0.6) is 11.5 Å². The van der Waals surface area contributed by atoms with Gasteiger partial charge in [0.2, 0.25) is 5.91 Å². The van der Waals surface area contributed by atoms with E-state index in [4.69, 9.17) is 9.47 Å². The number of carbonyl (C=O) groups is 1. The number of hydrogen-bond donors (Lipinski definition) is 1. The van der Waals surface area contributed by atoms with Crippen molar-refractivity contribution in [3.63, 3.8) is 0 Å². The monoisotopic (exact) mass is 410 g/mol. The molecule has 0 aliphatic carbocycles. The van der Waals surface area contributed by atoms with Gasteiger partial charge in [-0.1, -0.05) is 18.2 Å². The topological polar surface area (TPSA) is 109 Å². The lowest BCUT2D eigenvalue weighted by Gasteiger charge is -2.20. The molecule has 0 radical (unpaired) electrons. The number of amides is 1. The lowest BCUT2D eigenvalue weighted by molar-refractivity contribution is -0.385. The Labute approximate surface area is 173 Å². The summed E-state index contributed by atoms with van der Waals surface area (Å²) in [6, 6.07) is 10.9. The number of methoxy groups -OCH3 is 2. The molecule has 1 amide bonds. The van der Waals surface area contributed by atoms with Crippen molar-refractivity contribution >= 4 is 11.6 Å². The molecule has 9 heteroatoms. The predicted octanol–water partition coefficient (Wildman–Crippen LogP) is 2.79. The highest BCUT2D eigenvalue weighted by atomic mass is 16.6. The summed E-state index contributed by atoms with van der Waals surface area (Å²) in [6.07, 6.45) is 3.26. The average Bonchev–Trinajstić information content (AvgIpc) is 3.17. The molecule has 0 saturated heterocycles. The van der Waals surface area contributed by atoms with Crippen molar-refractivity contribution in [1.82, 2.24) is 14.9 Å². The maximum Gasteiger partial charge on any atom is 0.273 e. The first-order valence-corrected chi connectivity index (χ1v) is 9.14. The molecule has 1 aromatic heterocycles. The minimum absolute atomic E-state index is 0.0933. The number of carbonyl (C=O) groups excluding carboxylic acids is 1. The van der Waals surface area contributed by atoms with Crippen LogP contribution in [0, 0.1) is 10.1 Å². The minimum Gasteiger partial charge on any atom is -0.497 e. The largest absolute Gasteiger partial charge is 0.497 e. The maximum atomic E-state index is 12.9. The highest BCUT2D eigenvalue weighted by Gasteiger charge is 2.24. The number of rotatable bonds is 8. The SMILES string of the molecule is COc1cc(OC)cc([C@H](NC(=O)Cc2ccccc2[N+](=O)[O-])c2nccn2C)c1. The number of para-hydroxylation sites is 1. The molecule has 156 valence electrons. The van der Waals surface area contributed by atoms with E-state index in [0.29, 0.717) is 28.5 Å². The second-order valence-corrected chi connectivity index (χ2v) is 6.61. The second-order valence-electron chi connectivity index (χ2n) is 6.61. The number of nitro groups is 1. The van der Waals surface area contributed by atoms with Gasteiger partial charge in [0.25, 0.3) is 5.69 Å². The van der Waals surface area contributed by atoms with Crippen molar-refractivity contribution in [2.45, 2.75) is 12.5 Å². The van der Waals surface area contributed by atoms with Crippen molar-refractivity contribution in [3.8, 4) is 11.5 Å². The van der Waals surface area contributed by atoms with Crippen molar-refractivity contribution in [1.29, 1.82) is 0 Å². The fourth-order valence-electron chi connectivity index (χ4n) is 3.17. The van der Waals surface area contributed by atoms with E-state index >= 15 is 0 Å². The van der Waals surface area contributed by atoms with E-state index in [1.54, 1.807) is 67.6 Å². The van der Waals surface area contributed by atoms with Gasteiger partial charge in [-0.25, -0.2) is 4.98 Å². The fourth-order valence-corrected chi connectivity index (χ4v) is 3.17. The van der Waals surface area contributed by atoms with E-state index in [9.17, 15) is 14.9 Å². The number of benzene rings is 2. The summed E-state index contributed by atoms with van der Waals surface area (Å²) in [5, 5.41) is 14.2. The van der Waals surface area contributed by atoms with Crippen molar-refractivity contribution in [2.24, 2.45) is 7.05 Å². The molecule has 1 N–H and O–H groups in total. The number of hydrogen-bond acceptors (Lipinski definition) is 6. The van der Waals surface area contributed by atoms with Crippen LogP contribution in [-0.4, -0.2) is 34.6 Å². The smallest absolute Gasteiger partial charge is 0.273 e. The number of nitrogens with one attached hydrogen (secondary N) is 1. The predicted molar refractivity (Wildman–Crippen MR) is 110 cm³/mol. The zero-order valence-corrected chi connectivity index (χ0v) is 16.9. The quantitative estimate of drug-likeness (QED) is 0.452. The summed E-state index contributed by atoms with van der Waals surface area (Å²) >= 11 is 0. The highest BCUT2D eigenvalue weighted by Crippen LogP contribution is 2.29. The molecule has 0 aliphatic heterocycles. The standard InChI is InChI=1S/C21H22N4O5/c1-24-9-8-22-21(24)20(15-10-16(29-2)13-17(11-15)30-3)23-19(26)12-14-6-4-5-7-18(14)25(27)28/h4-11,13,20H,12H2,1-3H3,(H,23,26)/t20-/m0/s1. The number of nitro benzene ring substituents is 1. The van der Waals surface area contributed by atoms with Gasteiger partial charge in [0.05, 0.1) is 25.6 Å². The van der Waals surface area contributed by atoms with Crippen molar-refractivity contribution in [2.75, 3.05) is 14.2 Å². The average molecular weight is 410 g/mol. The molecule has 3 rings (SSSR count). The molecule has 1 atom stereocenters. The van der Waals surface area contributed by atoms with Crippen molar-refractivity contribution in [3.05, 3.63) is 81.9 Å². The van der Waals surface area contributed by atoms with Crippen LogP contribution in [0.2, 0.25) is 0 Å². The Bertz CT molecular complexity index is 1040. The summed E-state index contributed by atoms with van der Waals surface area (Å²) in [5.41, 5.74) is 0.947. The third kappa shape index (κ3) is 4.57. The first kappa shape index (κ1) is 20.8. The first-order chi connectivity index (χ1) is 14.4. The van der Waals surface area contributed by atoms with Gasteiger partial charge in [-0.3, -0.25) is 14.9 Å². The summed E-state index contributed by atoms with van der Waals surface area (Å²) in [5.74, 6) is 1.35. The molecule has 2 aromatic carbocycles. The Morgan fingerprint density at radius 2 is 1.87 bits per heavy atom. The Morgan fingerprint density at radius 1 is 1.20 bits per heavy atom. The molecule has 0 spiro atoms. The number of nitrogens with zero attached hydrogens (tertiary/aromatic N) is 3.